The lowest BCUT2D eigenvalue weighted by Crippen LogP contribution is -2.21. The molecule has 1 aromatic heterocycles. The van der Waals surface area contributed by atoms with Gasteiger partial charge in [-0.15, -0.1) is 0 Å². The number of benzene rings is 5. The predicted octanol–water partition coefficient (Wildman–Crippen LogP) is 9.97. The molecule has 242 valence electrons. The number of aromatic nitrogens is 1. The summed E-state index contributed by atoms with van der Waals surface area (Å²) in [5.41, 5.74) is 11.0. The Bertz CT molecular complexity index is 2580. The summed E-state index contributed by atoms with van der Waals surface area (Å²) in [6.07, 6.45) is 1.18. The van der Waals surface area contributed by atoms with E-state index in [1.807, 2.05) is 72.8 Å². The molecule has 2 aliphatic carbocycles. The van der Waals surface area contributed by atoms with Crippen molar-refractivity contribution in [2.24, 2.45) is 5.92 Å². The fourth-order valence-electron chi connectivity index (χ4n) is 7.95. The molecule has 3 aliphatic rings. The molecule has 1 N–H and O–H groups in total. The minimum absolute atomic E-state index is 0.255. The molecule has 51 heavy (non-hydrogen) atoms. The van der Waals surface area contributed by atoms with Gasteiger partial charge in [-0.1, -0.05) is 74.5 Å². The van der Waals surface area contributed by atoms with Crippen LogP contribution in [0.5, 0.6) is 5.75 Å². The van der Waals surface area contributed by atoms with Gasteiger partial charge in [-0.3, -0.25) is 0 Å². The summed E-state index contributed by atoms with van der Waals surface area (Å²) in [4.78, 5) is 4.78. The maximum atomic E-state index is 10.9. The van der Waals surface area contributed by atoms with Gasteiger partial charge in [0.15, 0.2) is 11.8 Å². The Morgan fingerprint density at radius 2 is 1.51 bits per heavy atom. The average Bonchev–Trinajstić information content (AvgIpc) is 3.87. The molecule has 9 rings (SSSR count). The van der Waals surface area contributed by atoms with E-state index in [4.69, 9.17) is 14.1 Å². The van der Waals surface area contributed by atoms with E-state index in [-0.39, 0.29) is 5.41 Å². The van der Waals surface area contributed by atoms with Crippen LogP contribution in [0.3, 0.4) is 0 Å². The summed E-state index contributed by atoms with van der Waals surface area (Å²) in [5.74, 6) is -0.525. The van der Waals surface area contributed by atoms with E-state index in [0.29, 0.717) is 44.8 Å². The third kappa shape index (κ3) is 4.66. The van der Waals surface area contributed by atoms with Crippen LogP contribution in [0.1, 0.15) is 53.8 Å². The second-order valence-corrected chi connectivity index (χ2v) is 13.7. The van der Waals surface area contributed by atoms with Gasteiger partial charge in [-0.25, -0.2) is 4.98 Å². The van der Waals surface area contributed by atoms with Gasteiger partial charge in [0.1, 0.15) is 11.3 Å². The van der Waals surface area contributed by atoms with Crippen LogP contribution in [0.2, 0.25) is 0 Å². The Labute approximate surface area is 295 Å². The summed E-state index contributed by atoms with van der Waals surface area (Å²) in [7, 11) is 0. The van der Waals surface area contributed by atoms with E-state index in [1.54, 1.807) is 6.08 Å². The van der Waals surface area contributed by atoms with E-state index in [2.05, 4.69) is 73.8 Å². The molecule has 0 bridgehead atoms. The zero-order valence-electron chi connectivity index (χ0n) is 27.8. The molecule has 0 saturated heterocycles. The van der Waals surface area contributed by atoms with Gasteiger partial charge in [-0.2, -0.15) is 15.8 Å². The number of fused-ring (bicyclic) bond motifs is 5. The largest absolute Gasteiger partial charge is 0.464 e. The molecule has 3 atom stereocenters. The van der Waals surface area contributed by atoms with E-state index in [9.17, 15) is 15.8 Å². The Morgan fingerprint density at radius 1 is 0.745 bits per heavy atom. The Kier molecular flexibility index (Phi) is 6.72. The number of nitrogens with zero attached hydrogens (tertiary/aromatic N) is 4. The highest BCUT2D eigenvalue weighted by molar-refractivity contribution is 5.88. The summed E-state index contributed by atoms with van der Waals surface area (Å²) in [5, 5.41) is 35.5. The second-order valence-electron chi connectivity index (χ2n) is 13.7. The van der Waals surface area contributed by atoms with E-state index in [0.717, 1.165) is 33.7 Å². The molecule has 0 radical (unpaired) electrons. The lowest BCUT2D eigenvalue weighted by molar-refractivity contribution is 0.259. The zero-order chi connectivity index (χ0) is 34.9. The van der Waals surface area contributed by atoms with Crippen molar-refractivity contribution in [3.05, 3.63) is 154 Å². The van der Waals surface area contributed by atoms with E-state index in [1.165, 1.54) is 11.1 Å². The minimum Gasteiger partial charge on any atom is -0.464 e. The maximum Gasteiger partial charge on any atom is 0.227 e. The third-order valence-electron chi connectivity index (χ3n) is 10.5. The first-order chi connectivity index (χ1) is 24.9. The Morgan fingerprint density at radius 3 is 2.31 bits per heavy atom. The highest BCUT2D eigenvalue weighted by Gasteiger charge is 2.39. The maximum absolute atomic E-state index is 10.9. The SMILES string of the molecule is CC1(C)c2ccccc2-c2ccc(C3=C(C#N)C(c4cc(-c5nc6ccccc6o5)cc(C5Nc6ccccc6O5)c4)C(C#N)C(C#N)=C3)cc21. The van der Waals surface area contributed by atoms with E-state index >= 15 is 0 Å². The summed E-state index contributed by atoms with van der Waals surface area (Å²) >= 11 is 0. The van der Waals surface area contributed by atoms with Crippen LogP contribution in [0, 0.1) is 39.9 Å². The van der Waals surface area contributed by atoms with Crippen LogP contribution in [-0.4, -0.2) is 4.98 Å². The van der Waals surface area contributed by atoms with Crippen molar-refractivity contribution in [1.82, 2.24) is 4.98 Å². The van der Waals surface area contributed by atoms with Crippen LogP contribution in [0.25, 0.3) is 39.3 Å². The van der Waals surface area contributed by atoms with Gasteiger partial charge in [0.05, 0.1) is 29.8 Å². The van der Waals surface area contributed by atoms with Gasteiger partial charge in [-0.05, 0) is 93.6 Å². The van der Waals surface area contributed by atoms with Gasteiger partial charge >= 0.3 is 0 Å². The second kappa shape index (κ2) is 11.3. The fourth-order valence-corrected chi connectivity index (χ4v) is 7.95. The number of oxazole rings is 1. The monoisotopic (exact) mass is 659 g/mol. The number of nitrogens with one attached hydrogen (secondary N) is 1. The van der Waals surface area contributed by atoms with Gasteiger partial charge in [0, 0.05) is 33.6 Å². The zero-order valence-corrected chi connectivity index (χ0v) is 27.8. The van der Waals surface area contributed by atoms with Crippen LogP contribution < -0.4 is 10.1 Å². The average molecular weight is 660 g/mol. The van der Waals surface area contributed by atoms with Crippen molar-refractivity contribution < 1.29 is 9.15 Å². The smallest absolute Gasteiger partial charge is 0.227 e. The molecule has 0 fully saturated rings. The number of nitriles is 3. The molecule has 2 heterocycles. The quantitative estimate of drug-likeness (QED) is 0.200. The summed E-state index contributed by atoms with van der Waals surface area (Å²) < 4.78 is 12.6. The first-order valence-corrected chi connectivity index (χ1v) is 16.8. The highest BCUT2D eigenvalue weighted by atomic mass is 16.5. The molecule has 1 aliphatic heterocycles. The first-order valence-electron chi connectivity index (χ1n) is 16.8. The number of ether oxygens (including phenoxy) is 1. The number of hydrogen-bond acceptors (Lipinski definition) is 7. The molecule has 7 nitrogen and oxygen atoms in total. The van der Waals surface area contributed by atoms with Gasteiger partial charge in [0.2, 0.25) is 5.89 Å². The van der Waals surface area contributed by atoms with Crippen molar-refractivity contribution in [3.63, 3.8) is 0 Å². The number of rotatable bonds is 4. The molecule has 7 heteroatoms. The van der Waals surface area contributed by atoms with Gasteiger partial charge < -0.3 is 14.5 Å². The third-order valence-corrected chi connectivity index (χ3v) is 10.5. The van der Waals surface area contributed by atoms with Crippen molar-refractivity contribution in [2.75, 3.05) is 5.32 Å². The number of allylic oxidation sites excluding steroid dienone is 4. The predicted molar refractivity (Wildman–Crippen MR) is 195 cm³/mol. The van der Waals surface area contributed by atoms with Crippen LogP contribution >= 0.6 is 0 Å². The van der Waals surface area contributed by atoms with Crippen LogP contribution in [-0.2, 0) is 5.41 Å². The van der Waals surface area contributed by atoms with Crippen LogP contribution in [0.15, 0.2) is 131 Å². The lowest BCUT2D eigenvalue weighted by atomic mass is 9.70. The molecule has 6 aromatic rings. The molecular formula is C44H29N5O2. The van der Waals surface area contributed by atoms with Crippen molar-refractivity contribution in [3.8, 4) is 46.5 Å². The number of para-hydroxylation sites is 4. The minimum atomic E-state index is -0.898. The molecule has 0 spiro atoms. The fraction of sp³-hybridized carbons (Fsp3) is 0.136. The number of anilines is 1. The van der Waals surface area contributed by atoms with Crippen molar-refractivity contribution >= 4 is 22.4 Å². The van der Waals surface area contributed by atoms with Gasteiger partial charge in [0.25, 0.3) is 0 Å². The Hall–Kier alpha value is -6.88. The molecule has 5 aromatic carbocycles. The molecule has 0 amide bonds. The number of hydrogen-bond donors (Lipinski definition) is 1. The first kappa shape index (κ1) is 30.2. The molecular weight excluding hydrogens is 631 g/mol. The topological polar surface area (TPSA) is 119 Å². The van der Waals surface area contributed by atoms with Crippen LogP contribution in [0.4, 0.5) is 5.69 Å². The van der Waals surface area contributed by atoms with Crippen molar-refractivity contribution in [1.29, 1.82) is 15.8 Å². The van der Waals surface area contributed by atoms with Crippen molar-refractivity contribution in [2.45, 2.75) is 31.4 Å². The molecule has 0 saturated carbocycles. The van der Waals surface area contributed by atoms with E-state index < -0.39 is 18.1 Å². The lowest BCUT2D eigenvalue weighted by Gasteiger charge is -2.29. The molecule has 3 unspecified atom stereocenters. The summed E-state index contributed by atoms with van der Waals surface area (Å²) in [6, 6.07) is 43.0. The standard InChI is InChI=1S/C44H29N5O2/c1-44(2)35-10-4-3-9-30(35)31-16-15-25(21-36(31)44)32-20-29(22-45)33(23-46)41(34(32)24-47)26-17-27(42-48-37-11-5-7-13-39(37)50-42)19-28(18-26)43-49-38-12-6-8-14-40(38)51-43/h3-21,33,41-42,48H,1-2H3. The normalized spacial score (nSPS) is 19.4. The summed E-state index contributed by atoms with van der Waals surface area (Å²) in [6.45, 7) is 4.42. The highest BCUT2D eigenvalue weighted by Crippen LogP contribution is 2.51. The Balaban J connectivity index is 1.23.